The molecule has 0 fully saturated rings. The summed E-state index contributed by atoms with van der Waals surface area (Å²) in [5, 5.41) is 30.9. The zero-order valence-corrected chi connectivity index (χ0v) is 30.4. The summed E-state index contributed by atoms with van der Waals surface area (Å²) >= 11 is 0. The average molecular weight is 724 g/mol. The van der Waals surface area contributed by atoms with E-state index in [2.05, 4.69) is 61.7 Å². The number of hydrogen-bond donors (Lipinski definition) is 4. The van der Waals surface area contributed by atoms with E-state index >= 15 is 0 Å². The number of nitrogens with zero attached hydrogens (tertiary/aromatic N) is 13. The van der Waals surface area contributed by atoms with Crippen LogP contribution in [0.25, 0.3) is 0 Å². The second-order valence-corrected chi connectivity index (χ2v) is 12.5. The zero-order valence-electron chi connectivity index (χ0n) is 30.4. The van der Waals surface area contributed by atoms with Crippen molar-refractivity contribution in [3.05, 3.63) is 116 Å². The highest BCUT2D eigenvalue weighted by Crippen LogP contribution is 2.25. The lowest BCUT2D eigenvalue weighted by Crippen LogP contribution is -2.25. The Labute approximate surface area is 311 Å². The Morgan fingerprint density at radius 1 is 0.574 bits per heavy atom. The molecule has 0 spiro atoms. The molecule has 54 heavy (non-hydrogen) atoms. The van der Waals surface area contributed by atoms with E-state index in [0.717, 1.165) is 59.0 Å². The number of anilines is 7. The van der Waals surface area contributed by atoms with Crippen molar-refractivity contribution in [1.82, 2.24) is 33.6 Å². The van der Waals surface area contributed by atoms with Gasteiger partial charge in [-0.3, -0.25) is 0 Å². The lowest BCUT2D eigenvalue weighted by atomic mass is 10.2. The molecule has 0 unspecified atom stereocenters. The van der Waals surface area contributed by atoms with Gasteiger partial charge in [0.05, 0.1) is 59.3 Å². The number of nitrogens with one attached hydrogen (secondary N) is 4. The first kappa shape index (κ1) is 35.1. The van der Waals surface area contributed by atoms with E-state index in [1.54, 1.807) is 12.5 Å². The van der Waals surface area contributed by atoms with Gasteiger partial charge in [0.25, 0.3) is 0 Å². The summed E-state index contributed by atoms with van der Waals surface area (Å²) in [6, 6.07) is 23.2. The molecule has 0 saturated heterocycles. The van der Waals surface area contributed by atoms with Crippen LogP contribution in [0, 0.1) is 0 Å². The first-order valence-corrected chi connectivity index (χ1v) is 17.3. The number of imidazole rings is 3. The van der Waals surface area contributed by atoms with E-state index in [0.29, 0.717) is 24.4 Å². The van der Waals surface area contributed by atoms with Gasteiger partial charge in [0.1, 0.15) is 11.4 Å². The third kappa shape index (κ3) is 9.13. The van der Waals surface area contributed by atoms with Crippen LogP contribution in [0.2, 0.25) is 0 Å². The fourth-order valence-electron chi connectivity index (χ4n) is 5.38. The molecular formula is C37H41N17+2. The molecule has 7 aromatic rings. The third-order valence-electron chi connectivity index (χ3n) is 8.29. The van der Waals surface area contributed by atoms with Gasteiger partial charge in [-0.15, -0.1) is 0 Å². The summed E-state index contributed by atoms with van der Waals surface area (Å²) in [6.07, 6.45) is 14.1. The largest absolute Gasteiger partial charge is 0.421 e. The van der Waals surface area contributed by atoms with Crippen LogP contribution in [0.15, 0.2) is 137 Å². The van der Waals surface area contributed by atoms with E-state index in [4.69, 9.17) is 0 Å². The molecule has 17 nitrogen and oxygen atoms in total. The van der Waals surface area contributed by atoms with E-state index in [1.807, 2.05) is 155 Å². The van der Waals surface area contributed by atoms with E-state index < -0.39 is 0 Å². The van der Waals surface area contributed by atoms with E-state index in [1.165, 1.54) is 0 Å². The van der Waals surface area contributed by atoms with Crippen LogP contribution in [0.5, 0.6) is 0 Å². The molecule has 0 bridgehead atoms. The van der Waals surface area contributed by atoms with E-state index in [-0.39, 0.29) is 0 Å². The van der Waals surface area contributed by atoms with Crippen LogP contribution in [0.3, 0.4) is 0 Å². The van der Waals surface area contributed by atoms with Gasteiger partial charge in [0.15, 0.2) is 0 Å². The Balaban J connectivity index is 1.01. The number of aryl methyl sites for hydroxylation is 5. The molecule has 3 aromatic carbocycles. The minimum Gasteiger partial charge on any atom is -0.356 e. The molecule has 4 heterocycles. The molecule has 0 aliphatic heterocycles. The first-order chi connectivity index (χ1) is 26.3. The SMILES string of the molecule is Cn1cc[n+](C)c1N=Nc1ccc(Nc2ccc(Nc3nc(NCCCn4ccnc4)nc(Nc4ccc(N=Nc5n(C)cc[n+]5C)cc4)n3)cc2)cc1. The lowest BCUT2D eigenvalue weighted by Gasteiger charge is -2.12. The second-order valence-electron chi connectivity index (χ2n) is 12.5. The van der Waals surface area contributed by atoms with E-state index in [9.17, 15) is 0 Å². The Morgan fingerprint density at radius 3 is 1.48 bits per heavy atom. The minimum absolute atomic E-state index is 0.383. The number of aromatic nitrogens is 9. The lowest BCUT2D eigenvalue weighted by molar-refractivity contribution is -0.657. The molecule has 0 radical (unpaired) electrons. The van der Waals surface area contributed by atoms with Gasteiger partial charge < -0.3 is 25.8 Å². The smallest absolute Gasteiger partial charge is 0.356 e. The normalized spacial score (nSPS) is 11.4. The fraction of sp³-hybridized carbons (Fsp3) is 0.189. The quantitative estimate of drug-likeness (QED) is 0.0500. The average Bonchev–Trinajstić information content (AvgIpc) is 3.90. The van der Waals surface area contributed by atoms with Crippen molar-refractivity contribution in [2.75, 3.05) is 27.8 Å². The molecule has 7 rings (SSSR count). The van der Waals surface area contributed by atoms with Gasteiger partial charge in [-0.05, 0) is 79.2 Å². The molecule has 17 heteroatoms. The Kier molecular flexibility index (Phi) is 10.6. The maximum atomic E-state index is 4.66. The fourth-order valence-corrected chi connectivity index (χ4v) is 5.38. The molecule has 0 atom stereocenters. The Hall–Kier alpha value is -7.30. The minimum atomic E-state index is 0.383. The maximum Gasteiger partial charge on any atom is 0.421 e. The predicted molar refractivity (Wildman–Crippen MR) is 206 cm³/mol. The van der Waals surface area contributed by atoms with Crippen LogP contribution in [-0.4, -0.2) is 40.2 Å². The third-order valence-corrected chi connectivity index (χ3v) is 8.29. The Morgan fingerprint density at radius 2 is 1.04 bits per heavy atom. The van der Waals surface area contributed by atoms with Gasteiger partial charge >= 0.3 is 11.9 Å². The van der Waals surface area contributed by atoms with Gasteiger partial charge in [-0.2, -0.15) is 15.0 Å². The summed E-state index contributed by atoms with van der Waals surface area (Å²) in [5.41, 5.74) is 4.93. The molecule has 272 valence electrons. The molecular weight excluding hydrogens is 683 g/mol. The van der Waals surface area contributed by atoms with Crippen LogP contribution >= 0.6 is 0 Å². The summed E-state index contributed by atoms with van der Waals surface area (Å²) in [4.78, 5) is 18.1. The molecule has 0 aliphatic carbocycles. The summed E-state index contributed by atoms with van der Waals surface area (Å²) in [7, 11) is 7.73. The molecule has 0 saturated carbocycles. The summed E-state index contributed by atoms with van der Waals surface area (Å²) in [6.45, 7) is 1.48. The first-order valence-electron chi connectivity index (χ1n) is 17.3. The zero-order chi connectivity index (χ0) is 37.3. The maximum absolute atomic E-state index is 4.66. The highest BCUT2D eigenvalue weighted by molar-refractivity contribution is 5.66. The molecule has 4 aromatic heterocycles. The van der Waals surface area contributed by atoms with Crippen molar-refractivity contribution in [3.8, 4) is 0 Å². The predicted octanol–water partition coefficient (Wildman–Crippen LogP) is 6.96. The number of rotatable bonds is 15. The van der Waals surface area contributed by atoms with Crippen LogP contribution in [0.4, 0.5) is 63.9 Å². The molecule has 0 amide bonds. The van der Waals surface area contributed by atoms with Crippen molar-refractivity contribution in [3.63, 3.8) is 0 Å². The monoisotopic (exact) mass is 723 g/mol. The van der Waals surface area contributed by atoms with Gasteiger partial charge in [-0.25, -0.2) is 23.3 Å². The standard InChI is InChI=1S/C37H39N17/c1-50-22-23-51(2)36(50)48-46-31-14-10-28(11-15-31)40-27-6-8-29(9-7-27)41-34-43-33(39-18-5-20-54-21-19-38-26-54)44-35(45-34)42-30-12-16-32(17-13-30)47-49-37-52(3)24-25-53(37)4/h6-17,19,21-26H,5,18,20H2,1-4H3,(H2,39,41,43,44,45,46)/p+2. The highest BCUT2D eigenvalue weighted by Gasteiger charge is 2.12. The van der Waals surface area contributed by atoms with Crippen LogP contribution in [-0.2, 0) is 34.7 Å². The van der Waals surface area contributed by atoms with Crippen LogP contribution < -0.4 is 30.4 Å². The highest BCUT2D eigenvalue weighted by atomic mass is 15.3. The second kappa shape index (κ2) is 16.4. The van der Waals surface area contributed by atoms with Crippen molar-refractivity contribution in [2.24, 2.45) is 48.6 Å². The van der Waals surface area contributed by atoms with Gasteiger partial charge in [0, 0.05) is 58.5 Å². The number of benzene rings is 3. The molecule has 4 N–H and O–H groups in total. The number of hydrogen-bond acceptors (Lipinski definition) is 12. The summed E-state index contributed by atoms with van der Waals surface area (Å²) < 4.78 is 9.67. The summed E-state index contributed by atoms with van der Waals surface area (Å²) in [5.74, 6) is 2.71. The van der Waals surface area contributed by atoms with Crippen LogP contribution in [0.1, 0.15) is 6.42 Å². The van der Waals surface area contributed by atoms with Gasteiger partial charge in [-0.1, -0.05) is 10.2 Å². The van der Waals surface area contributed by atoms with Crippen molar-refractivity contribution >= 4 is 63.9 Å². The number of azo groups is 2. The Bertz CT molecular complexity index is 2300. The van der Waals surface area contributed by atoms with Crippen molar-refractivity contribution < 1.29 is 9.13 Å². The van der Waals surface area contributed by atoms with Crippen molar-refractivity contribution in [2.45, 2.75) is 13.0 Å². The van der Waals surface area contributed by atoms with Gasteiger partial charge in [0.2, 0.25) is 17.8 Å². The van der Waals surface area contributed by atoms with Crippen molar-refractivity contribution in [1.29, 1.82) is 0 Å². The topological polar surface area (TPSA) is 172 Å². The molecule has 0 aliphatic rings.